The van der Waals surface area contributed by atoms with Gasteiger partial charge in [0.15, 0.2) is 0 Å². The van der Waals surface area contributed by atoms with Crippen molar-refractivity contribution in [2.24, 2.45) is 5.92 Å². The second-order valence-corrected chi connectivity index (χ2v) is 5.55. The Balaban J connectivity index is 1.94. The van der Waals surface area contributed by atoms with Crippen LogP contribution < -0.4 is 5.32 Å². The Kier molecular flexibility index (Phi) is 5.95. The lowest BCUT2D eigenvalue weighted by Crippen LogP contribution is -2.31. The Labute approximate surface area is 120 Å². The van der Waals surface area contributed by atoms with Crippen molar-refractivity contribution in [3.05, 3.63) is 35.6 Å². The number of aliphatic hydroxyl groups excluding tert-OH is 1. The molecule has 0 aliphatic heterocycles. The number of methoxy groups -OCH3 is 1. The lowest BCUT2D eigenvalue weighted by molar-refractivity contribution is 0.127. The average Bonchev–Trinajstić information content (AvgIpc) is 2.86. The maximum absolute atomic E-state index is 13.0. The topological polar surface area (TPSA) is 41.5 Å². The molecule has 1 aliphatic carbocycles. The van der Waals surface area contributed by atoms with Gasteiger partial charge < -0.3 is 15.2 Å². The van der Waals surface area contributed by atoms with E-state index in [1.165, 1.54) is 12.1 Å². The highest BCUT2D eigenvalue weighted by Crippen LogP contribution is 2.26. The molecule has 2 N–H and O–H groups in total. The van der Waals surface area contributed by atoms with Crippen LogP contribution in [0, 0.1) is 11.7 Å². The van der Waals surface area contributed by atoms with E-state index < -0.39 is 0 Å². The van der Waals surface area contributed by atoms with E-state index in [-0.39, 0.29) is 18.0 Å². The zero-order chi connectivity index (χ0) is 14.4. The zero-order valence-corrected chi connectivity index (χ0v) is 12.0. The summed E-state index contributed by atoms with van der Waals surface area (Å²) in [5, 5.41) is 13.4. The third-order valence-electron chi connectivity index (χ3n) is 4.13. The van der Waals surface area contributed by atoms with E-state index in [2.05, 4.69) is 5.32 Å². The zero-order valence-electron chi connectivity index (χ0n) is 12.0. The fraction of sp³-hybridized carbons (Fsp3) is 0.625. The van der Waals surface area contributed by atoms with Gasteiger partial charge in [0.05, 0.1) is 6.10 Å². The van der Waals surface area contributed by atoms with Crippen LogP contribution in [0.3, 0.4) is 0 Å². The second-order valence-electron chi connectivity index (χ2n) is 5.55. The summed E-state index contributed by atoms with van der Waals surface area (Å²) in [6.07, 6.45) is 3.75. The largest absolute Gasteiger partial charge is 0.393 e. The third-order valence-corrected chi connectivity index (χ3v) is 4.13. The van der Waals surface area contributed by atoms with Gasteiger partial charge >= 0.3 is 0 Å². The van der Waals surface area contributed by atoms with Crippen LogP contribution >= 0.6 is 0 Å². The van der Waals surface area contributed by atoms with E-state index in [1.807, 2.05) is 12.1 Å². The molecule has 0 saturated heterocycles. The standard InChI is InChI=1S/C16H24FNO2/c1-20-10-9-15(12-5-7-14(17)8-6-12)18-11-13-3-2-4-16(13)19/h5-8,13,15-16,18-19H,2-4,9-11H2,1H3. The van der Waals surface area contributed by atoms with Crippen molar-refractivity contribution in [3.8, 4) is 0 Å². The van der Waals surface area contributed by atoms with Gasteiger partial charge in [-0.05, 0) is 42.9 Å². The van der Waals surface area contributed by atoms with E-state index >= 15 is 0 Å². The molecule has 3 unspecified atom stereocenters. The highest BCUT2D eigenvalue weighted by Gasteiger charge is 2.25. The monoisotopic (exact) mass is 281 g/mol. The maximum atomic E-state index is 13.0. The quantitative estimate of drug-likeness (QED) is 0.807. The molecule has 1 fully saturated rings. The minimum Gasteiger partial charge on any atom is -0.393 e. The molecule has 0 spiro atoms. The Morgan fingerprint density at radius 3 is 2.70 bits per heavy atom. The van der Waals surface area contributed by atoms with Crippen LogP contribution in [-0.2, 0) is 4.74 Å². The molecule has 2 rings (SSSR count). The number of halogens is 1. The molecule has 1 aliphatic rings. The summed E-state index contributed by atoms with van der Waals surface area (Å²) >= 11 is 0. The molecular formula is C16H24FNO2. The molecule has 1 aromatic carbocycles. The van der Waals surface area contributed by atoms with E-state index in [0.29, 0.717) is 12.5 Å². The molecule has 0 aromatic heterocycles. The van der Waals surface area contributed by atoms with E-state index in [4.69, 9.17) is 4.74 Å². The Hall–Kier alpha value is -0.970. The summed E-state index contributed by atoms with van der Waals surface area (Å²) in [5.41, 5.74) is 1.07. The molecule has 112 valence electrons. The molecule has 0 bridgehead atoms. The van der Waals surface area contributed by atoms with Crippen molar-refractivity contribution in [1.29, 1.82) is 0 Å². The lowest BCUT2D eigenvalue weighted by Gasteiger charge is -2.22. The van der Waals surface area contributed by atoms with Crippen molar-refractivity contribution in [1.82, 2.24) is 5.32 Å². The number of hydrogen-bond donors (Lipinski definition) is 2. The van der Waals surface area contributed by atoms with Gasteiger partial charge in [-0.3, -0.25) is 0 Å². The van der Waals surface area contributed by atoms with Crippen LogP contribution in [0.15, 0.2) is 24.3 Å². The summed E-state index contributed by atoms with van der Waals surface area (Å²) in [4.78, 5) is 0. The highest BCUT2D eigenvalue weighted by atomic mass is 19.1. The van der Waals surface area contributed by atoms with Gasteiger partial charge in [-0.25, -0.2) is 4.39 Å². The normalized spacial score (nSPS) is 23.9. The molecule has 0 heterocycles. The van der Waals surface area contributed by atoms with Crippen molar-refractivity contribution in [2.45, 2.75) is 37.8 Å². The molecule has 0 radical (unpaired) electrons. The SMILES string of the molecule is COCCC(NCC1CCCC1O)c1ccc(F)cc1. The van der Waals surface area contributed by atoms with Crippen molar-refractivity contribution >= 4 is 0 Å². The van der Waals surface area contributed by atoms with Crippen molar-refractivity contribution in [3.63, 3.8) is 0 Å². The predicted molar refractivity (Wildman–Crippen MR) is 77.0 cm³/mol. The first-order valence-electron chi connectivity index (χ1n) is 7.36. The summed E-state index contributed by atoms with van der Waals surface area (Å²) in [6, 6.07) is 6.74. The first kappa shape index (κ1) is 15.4. The number of aliphatic hydroxyl groups is 1. The maximum Gasteiger partial charge on any atom is 0.123 e. The van der Waals surface area contributed by atoms with Crippen molar-refractivity contribution in [2.75, 3.05) is 20.3 Å². The van der Waals surface area contributed by atoms with Crippen LogP contribution in [0.5, 0.6) is 0 Å². The van der Waals surface area contributed by atoms with Gasteiger partial charge in [0.25, 0.3) is 0 Å². The summed E-state index contributed by atoms with van der Waals surface area (Å²) in [7, 11) is 1.68. The highest BCUT2D eigenvalue weighted by molar-refractivity contribution is 5.20. The Morgan fingerprint density at radius 2 is 2.10 bits per heavy atom. The van der Waals surface area contributed by atoms with Gasteiger partial charge in [0, 0.05) is 26.3 Å². The van der Waals surface area contributed by atoms with E-state index in [9.17, 15) is 9.50 Å². The molecule has 0 amide bonds. The molecular weight excluding hydrogens is 257 g/mol. The molecule has 3 atom stereocenters. The average molecular weight is 281 g/mol. The van der Waals surface area contributed by atoms with Gasteiger partial charge in [-0.2, -0.15) is 0 Å². The molecule has 1 saturated carbocycles. The number of nitrogens with one attached hydrogen (secondary N) is 1. The summed E-state index contributed by atoms with van der Waals surface area (Å²) in [5.74, 6) is 0.117. The minimum atomic E-state index is -0.217. The fourth-order valence-corrected chi connectivity index (χ4v) is 2.87. The van der Waals surface area contributed by atoms with Crippen molar-refractivity contribution < 1.29 is 14.2 Å². The number of ether oxygens (including phenoxy) is 1. The van der Waals surface area contributed by atoms with Gasteiger partial charge in [0.1, 0.15) is 5.82 Å². The predicted octanol–water partition coefficient (Wildman–Crippen LogP) is 2.65. The molecule has 1 aromatic rings. The van der Waals surface area contributed by atoms with Crippen LogP contribution in [0.4, 0.5) is 4.39 Å². The fourth-order valence-electron chi connectivity index (χ4n) is 2.87. The summed E-state index contributed by atoms with van der Waals surface area (Å²) in [6.45, 7) is 1.45. The van der Waals surface area contributed by atoms with E-state index in [1.54, 1.807) is 7.11 Å². The van der Waals surface area contributed by atoms with Crippen LogP contribution in [0.2, 0.25) is 0 Å². The molecule has 3 nitrogen and oxygen atoms in total. The van der Waals surface area contributed by atoms with Crippen LogP contribution in [0.1, 0.15) is 37.3 Å². The lowest BCUT2D eigenvalue weighted by atomic mass is 10.0. The number of hydrogen-bond acceptors (Lipinski definition) is 3. The number of benzene rings is 1. The Bertz CT molecular complexity index is 396. The smallest absolute Gasteiger partial charge is 0.123 e. The van der Waals surface area contributed by atoms with Gasteiger partial charge in [-0.15, -0.1) is 0 Å². The van der Waals surface area contributed by atoms with E-state index in [0.717, 1.165) is 37.8 Å². The molecule has 20 heavy (non-hydrogen) atoms. The first-order valence-corrected chi connectivity index (χ1v) is 7.36. The number of rotatable bonds is 7. The van der Waals surface area contributed by atoms with Crippen LogP contribution in [0.25, 0.3) is 0 Å². The van der Waals surface area contributed by atoms with Crippen LogP contribution in [-0.4, -0.2) is 31.5 Å². The Morgan fingerprint density at radius 1 is 1.35 bits per heavy atom. The van der Waals surface area contributed by atoms with Gasteiger partial charge in [0.2, 0.25) is 0 Å². The molecule has 4 heteroatoms. The summed E-state index contributed by atoms with van der Waals surface area (Å²) < 4.78 is 18.2. The minimum absolute atomic E-state index is 0.142. The van der Waals surface area contributed by atoms with Gasteiger partial charge in [-0.1, -0.05) is 18.6 Å². The first-order chi connectivity index (χ1) is 9.70. The second kappa shape index (κ2) is 7.72. The third kappa shape index (κ3) is 4.27.